The number of carbonyl (C=O) groups is 1. The third-order valence-electron chi connectivity index (χ3n) is 5.41. The minimum absolute atomic E-state index is 0.0332. The summed E-state index contributed by atoms with van der Waals surface area (Å²) in [6, 6.07) is 14.4. The number of hydrogen-bond donors (Lipinski definition) is 1. The number of benzene rings is 1. The van der Waals surface area contributed by atoms with Crippen LogP contribution < -0.4 is 19.9 Å². The van der Waals surface area contributed by atoms with Gasteiger partial charge in [-0.25, -0.2) is 0 Å². The van der Waals surface area contributed by atoms with E-state index in [1.165, 1.54) is 4.88 Å². The van der Waals surface area contributed by atoms with Gasteiger partial charge in [-0.3, -0.25) is 9.78 Å². The predicted molar refractivity (Wildman–Crippen MR) is 134 cm³/mol. The Labute approximate surface area is 194 Å². The largest absolute Gasteiger partial charge is 0.485 e. The number of nitrogens with zero attached hydrogens (tertiary/aromatic N) is 3. The van der Waals surface area contributed by atoms with Crippen LogP contribution in [0, 0.1) is 6.92 Å². The van der Waals surface area contributed by atoms with Crippen molar-refractivity contribution in [2.24, 2.45) is 0 Å². The first kappa shape index (κ1) is 23.8. The van der Waals surface area contributed by atoms with Gasteiger partial charge in [0.05, 0.1) is 11.3 Å². The van der Waals surface area contributed by atoms with Crippen molar-refractivity contribution in [1.82, 2.24) is 10.3 Å². The summed E-state index contributed by atoms with van der Waals surface area (Å²) in [5.41, 5.74) is 3.50. The van der Waals surface area contributed by atoms with Crippen LogP contribution in [0.4, 0.5) is 11.4 Å². The van der Waals surface area contributed by atoms with Gasteiger partial charge in [0.2, 0.25) is 0 Å². The lowest BCUT2D eigenvalue weighted by Gasteiger charge is -2.26. The molecule has 7 heteroatoms. The fourth-order valence-corrected chi connectivity index (χ4v) is 4.28. The van der Waals surface area contributed by atoms with E-state index < -0.39 is 0 Å². The van der Waals surface area contributed by atoms with Crippen molar-refractivity contribution in [1.29, 1.82) is 0 Å². The number of aldehydes is 1. The molecule has 3 aromatic rings. The summed E-state index contributed by atoms with van der Waals surface area (Å²) in [7, 11) is 6.04. The highest BCUT2D eigenvalue weighted by Crippen LogP contribution is 2.30. The summed E-state index contributed by atoms with van der Waals surface area (Å²) < 4.78 is 6.38. The molecule has 1 atom stereocenters. The maximum atomic E-state index is 11.4. The Morgan fingerprint density at radius 2 is 1.97 bits per heavy atom. The molecular formula is C25H32N4O2S. The monoisotopic (exact) mass is 452 g/mol. The Bertz CT molecular complexity index is 993. The topological polar surface area (TPSA) is 57.7 Å². The van der Waals surface area contributed by atoms with Gasteiger partial charge in [-0.05, 0) is 50.2 Å². The fourth-order valence-electron chi connectivity index (χ4n) is 3.49. The molecule has 2 heterocycles. The highest BCUT2D eigenvalue weighted by molar-refractivity contribution is 7.10. The quantitative estimate of drug-likeness (QED) is 0.407. The summed E-state index contributed by atoms with van der Waals surface area (Å²) in [5.74, 6) is 0.866. The number of thiophene rings is 1. The first-order chi connectivity index (χ1) is 15.5. The Morgan fingerprint density at radius 1 is 1.16 bits per heavy atom. The molecule has 1 unspecified atom stereocenters. The molecule has 0 bridgehead atoms. The minimum atomic E-state index is 0.0332. The van der Waals surface area contributed by atoms with Crippen molar-refractivity contribution in [3.63, 3.8) is 0 Å². The zero-order valence-electron chi connectivity index (χ0n) is 19.2. The molecule has 0 aliphatic rings. The summed E-state index contributed by atoms with van der Waals surface area (Å²) in [4.78, 5) is 21.1. The number of anilines is 2. The first-order valence-electron chi connectivity index (χ1n) is 10.8. The SMILES string of the molecule is CNCCC(Oc1cccc(N(C)CCN(C)c2cc(C)ncc2C=O)c1)c1cccs1. The summed E-state index contributed by atoms with van der Waals surface area (Å²) in [5, 5.41) is 5.30. The van der Waals surface area contributed by atoms with Gasteiger partial charge in [0, 0.05) is 62.1 Å². The third kappa shape index (κ3) is 6.31. The van der Waals surface area contributed by atoms with Gasteiger partial charge in [-0.2, -0.15) is 0 Å². The number of hydrogen-bond acceptors (Lipinski definition) is 7. The summed E-state index contributed by atoms with van der Waals surface area (Å²) in [6.07, 6.45) is 3.44. The molecule has 1 aromatic carbocycles. The van der Waals surface area contributed by atoms with Crippen LogP contribution in [0.15, 0.2) is 54.0 Å². The van der Waals surface area contributed by atoms with Crippen molar-refractivity contribution in [2.45, 2.75) is 19.4 Å². The molecule has 0 saturated heterocycles. The Morgan fingerprint density at radius 3 is 2.69 bits per heavy atom. The first-order valence-corrected chi connectivity index (χ1v) is 11.7. The molecule has 2 aromatic heterocycles. The standard InChI is InChI=1S/C25H32N4O2S/c1-19-15-23(20(18-30)17-27-19)29(4)13-12-28(3)21-7-5-8-22(16-21)31-24(10-11-26-2)25-9-6-14-32-25/h5-9,14-18,24,26H,10-13H2,1-4H3. The van der Waals surface area contributed by atoms with Crippen molar-refractivity contribution < 1.29 is 9.53 Å². The summed E-state index contributed by atoms with van der Waals surface area (Å²) in [6.45, 7) is 4.40. The molecule has 0 aliphatic heterocycles. The van der Waals surface area contributed by atoms with Crippen LogP contribution in [0.2, 0.25) is 0 Å². The Hall–Kier alpha value is -2.90. The number of pyridine rings is 1. The van der Waals surface area contributed by atoms with E-state index in [0.29, 0.717) is 5.56 Å². The molecule has 0 saturated carbocycles. The molecule has 32 heavy (non-hydrogen) atoms. The number of aryl methyl sites for hydroxylation is 1. The highest BCUT2D eigenvalue weighted by Gasteiger charge is 2.15. The number of carbonyl (C=O) groups excluding carboxylic acids is 1. The van der Waals surface area contributed by atoms with Gasteiger partial charge in [0.15, 0.2) is 6.29 Å². The van der Waals surface area contributed by atoms with Crippen molar-refractivity contribution in [2.75, 3.05) is 50.6 Å². The molecule has 170 valence electrons. The highest BCUT2D eigenvalue weighted by atomic mass is 32.1. The number of likely N-dealkylation sites (N-methyl/N-ethyl adjacent to an activating group) is 2. The maximum Gasteiger partial charge on any atom is 0.153 e. The van der Waals surface area contributed by atoms with Crippen molar-refractivity contribution in [3.05, 3.63) is 70.2 Å². The minimum Gasteiger partial charge on any atom is -0.485 e. The molecular weight excluding hydrogens is 420 g/mol. The molecule has 0 radical (unpaired) electrons. The molecule has 0 fully saturated rings. The molecule has 0 spiro atoms. The van der Waals surface area contributed by atoms with E-state index in [4.69, 9.17) is 4.74 Å². The van der Waals surface area contributed by atoms with Gasteiger partial charge in [-0.15, -0.1) is 11.3 Å². The molecule has 0 aliphatic carbocycles. The third-order valence-corrected chi connectivity index (χ3v) is 6.38. The second-order valence-electron chi connectivity index (χ2n) is 7.86. The van der Waals surface area contributed by atoms with Crippen molar-refractivity contribution >= 4 is 29.0 Å². The average Bonchev–Trinajstić information content (AvgIpc) is 3.35. The zero-order chi connectivity index (χ0) is 22.9. The molecule has 0 amide bonds. The second kappa shape index (κ2) is 11.6. The lowest BCUT2D eigenvalue weighted by molar-refractivity contribution is 0.112. The van der Waals surface area contributed by atoms with E-state index in [1.807, 2.05) is 39.2 Å². The van der Waals surface area contributed by atoms with E-state index in [9.17, 15) is 4.79 Å². The maximum absolute atomic E-state index is 11.4. The van der Waals surface area contributed by atoms with Gasteiger partial charge in [0.1, 0.15) is 11.9 Å². The Kier molecular flexibility index (Phi) is 8.64. The van der Waals surface area contributed by atoms with E-state index in [0.717, 1.165) is 55.2 Å². The average molecular weight is 453 g/mol. The normalized spacial score (nSPS) is 11.8. The van der Waals surface area contributed by atoms with Crippen LogP contribution in [0.1, 0.15) is 33.5 Å². The number of nitrogens with one attached hydrogen (secondary N) is 1. The van der Waals surface area contributed by atoms with Gasteiger partial charge >= 0.3 is 0 Å². The van der Waals surface area contributed by atoms with E-state index in [1.54, 1.807) is 17.5 Å². The summed E-state index contributed by atoms with van der Waals surface area (Å²) >= 11 is 1.73. The fraction of sp³-hybridized carbons (Fsp3) is 0.360. The van der Waals surface area contributed by atoms with Gasteiger partial charge in [0.25, 0.3) is 0 Å². The van der Waals surface area contributed by atoms with Crippen LogP contribution in [-0.4, -0.2) is 52.0 Å². The van der Waals surface area contributed by atoms with E-state index >= 15 is 0 Å². The van der Waals surface area contributed by atoms with E-state index in [2.05, 4.69) is 56.8 Å². The van der Waals surface area contributed by atoms with Gasteiger partial charge < -0.3 is 19.9 Å². The molecule has 1 N–H and O–H groups in total. The van der Waals surface area contributed by atoms with Gasteiger partial charge in [-0.1, -0.05) is 12.1 Å². The van der Waals surface area contributed by atoms with Crippen LogP contribution in [0.5, 0.6) is 5.75 Å². The Balaban J connectivity index is 1.65. The predicted octanol–water partition coefficient (Wildman–Crippen LogP) is 4.57. The molecule has 6 nitrogen and oxygen atoms in total. The van der Waals surface area contributed by atoms with Crippen molar-refractivity contribution in [3.8, 4) is 5.75 Å². The van der Waals surface area contributed by atoms with E-state index in [-0.39, 0.29) is 6.10 Å². The van der Waals surface area contributed by atoms with Crippen LogP contribution in [0.3, 0.4) is 0 Å². The van der Waals surface area contributed by atoms with Crippen LogP contribution in [0.25, 0.3) is 0 Å². The second-order valence-corrected chi connectivity index (χ2v) is 8.84. The smallest absolute Gasteiger partial charge is 0.153 e. The van der Waals surface area contributed by atoms with Crippen LogP contribution in [-0.2, 0) is 0 Å². The number of ether oxygens (including phenoxy) is 1. The lowest BCUT2D eigenvalue weighted by atomic mass is 10.2. The number of aromatic nitrogens is 1. The number of rotatable bonds is 12. The lowest BCUT2D eigenvalue weighted by Crippen LogP contribution is -2.31. The molecule has 3 rings (SSSR count). The zero-order valence-corrected chi connectivity index (χ0v) is 20.1. The van der Waals surface area contributed by atoms with Crippen LogP contribution >= 0.6 is 11.3 Å².